The third kappa shape index (κ3) is 5.51. The van der Waals surface area contributed by atoms with Crippen LogP contribution in [0.4, 0.5) is 5.82 Å². The highest BCUT2D eigenvalue weighted by Gasteiger charge is 2.20. The maximum atomic E-state index is 12.3. The molecule has 0 atom stereocenters. The Balaban J connectivity index is 1.25. The van der Waals surface area contributed by atoms with Gasteiger partial charge in [-0.1, -0.05) is 24.8 Å². The summed E-state index contributed by atoms with van der Waals surface area (Å²) in [5.41, 5.74) is 1.65. The van der Waals surface area contributed by atoms with Gasteiger partial charge in [-0.25, -0.2) is 14.6 Å². The average Bonchev–Trinajstić information content (AvgIpc) is 3.53. The van der Waals surface area contributed by atoms with Crippen LogP contribution >= 0.6 is 11.8 Å². The average molecular weight is 497 g/mol. The monoisotopic (exact) mass is 496 g/mol. The number of fused-ring (bicyclic) bond motifs is 2. The first kappa shape index (κ1) is 23.4. The van der Waals surface area contributed by atoms with E-state index in [9.17, 15) is 4.79 Å². The van der Waals surface area contributed by atoms with E-state index in [1.165, 1.54) is 6.08 Å². The molecular weight excluding hydrogens is 468 g/mol. The quantitative estimate of drug-likeness (QED) is 0.272. The number of morpholine rings is 1. The van der Waals surface area contributed by atoms with E-state index in [1.807, 2.05) is 29.1 Å². The molecule has 1 fully saturated rings. The predicted octanol–water partition coefficient (Wildman–Crippen LogP) is 2.72. The van der Waals surface area contributed by atoms with Crippen LogP contribution in [0.2, 0.25) is 0 Å². The van der Waals surface area contributed by atoms with Gasteiger partial charge in [-0.2, -0.15) is 5.10 Å². The van der Waals surface area contributed by atoms with Crippen molar-refractivity contribution in [2.24, 2.45) is 0 Å². The lowest BCUT2D eigenvalue weighted by molar-refractivity contribution is -0.116. The van der Waals surface area contributed by atoms with Crippen LogP contribution in [0.25, 0.3) is 17.1 Å². The molecule has 1 aromatic carbocycles. The summed E-state index contributed by atoms with van der Waals surface area (Å²) in [7, 11) is 0. The molecule has 0 unspecified atom stereocenters. The number of rotatable bonds is 9. The Labute approximate surface area is 207 Å². The lowest BCUT2D eigenvalue weighted by Crippen LogP contribution is -2.37. The largest absolute Gasteiger partial charge is 0.454 e. The van der Waals surface area contributed by atoms with Gasteiger partial charge in [-0.15, -0.1) is 0 Å². The summed E-state index contributed by atoms with van der Waals surface area (Å²) in [6, 6.07) is 5.57. The molecule has 2 aromatic heterocycles. The third-order valence-electron chi connectivity index (χ3n) is 5.65. The number of benzene rings is 1. The fourth-order valence-electron chi connectivity index (χ4n) is 3.89. The molecule has 0 aliphatic carbocycles. The zero-order chi connectivity index (χ0) is 24.0. The van der Waals surface area contributed by atoms with Crippen LogP contribution < -0.4 is 19.7 Å². The van der Waals surface area contributed by atoms with E-state index in [-0.39, 0.29) is 12.7 Å². The summed E-state index contributed by atoms with van der Waals surface area (Å²) in [5.74, 6) is 3.08. The van der Waals surface area contributed by atoms with Crippen molar-refractivity contribution in [2.45, 2.75) is 25.0 Å². The van der Waals surface area contributed by atoms with Crippen LogP contribution in [0.1, 0.15) is 18.9 Å². The minimum atomic E-state index is -0.179. The Morgan fingerprint density at radius 2 is 2.06 bits per heavy atom. The number of aromatic nitrogens is 4. The minimum absolute atomic E-state index is 0.179. The molecule has 0 saturated carbocycles. The second-order valence-electron chi connectivity index (χ2n) is 8.12. The number of carbonyl (C=O) groups is 1. The van der Waals surface area contributed by atoms with Gasteiger partial charge in [0.05, 0.1) is 31.3 Å². The first-order valence-electron chi connectivity index (χ1n) is 11.8. The zero-order valence-corrected chi connectivity index (χ0v) is 20.4. The first-order valence-corrected chi connectivity index (χ1v) is 12.7. The molecule has 1 amide bonds. The molecular formula is C24H28N6O4S. The number of nitrogens with zero attached hydrogens (tertiary/aromatic N) is 5. The van der Waals surface area contributed by atoms with Crippen molar-refractivity contribution in [3.63, 3.8) is 0 Å². The van der Waals surface area contributed by atoms with E-state index in [2.05, 4.69) is 22.2 Å². The van der Waals surface area contributed by atoms with Gasteiger partial charge in [-0.05, 0) is 30.2 Å². The molecule has 10 nitrogen and oxygen atoms in total. The van der Waals surface area contributed by atoms with Crippen molar-refractivity contribution in [1.29, 1.82) is 0 Å². The maximum absolute atomic E-state index is 12.3. The zero-order valence-electron chi connectivity index (χ0n) is 19.6. The van der Waals surface area contributed by atoms with Crippen molar-refractivity contribution in [2.75, 3.05) is 50.3 Å². The maximum Gasteiger partial charge on any atom is 0.244 e. The Bertz CT molecular complexity index is 1220. The number of ether oxygens (including phenoxy) is 3. The van der Waals surface area contributed by atoms with E-state index in [1.54, 1.807) is 17.8 Å². The van der Waals surface area contributed by atoms with Crippen molar-refractivity contribution >= 4 is 40.6 Å². The molecule has 0 bridgehead atoms. The Kier molecular flexibility index (Phi) is 7.34. The highest BCUT2D eigenvalue weighted by atomic mass is 32.2. The van der Waals surface area contributed by atoms with Crippen molar-refractivity contribution in [1.82, 2.24) is 25.1 Å². The van der Waals surface area contributed by atoms with Crippen LogP contribution in [0.15, 0.2) is 35.6 Å². The standard InChI is InChI=1S/C24H28N6O4S/c1-2-13-35-24-27-22(29-9-11-32-12-10-29)18-15-26-30(23(18)28-24)8-7-25-21(31)6-4-17-3-5-19-20(14-17)34-16-33-19/h3-6,14-15H,2,7-13,16H2,1H3,(H,25,31)/b6-4-. The summed E-state index contributed by atoms with van der Waals surface area (Å²) in [5, 5.41) is 9.13. The first-order chi connectivity index (χ1) is 17.2. The normalized spacial score (nSPS) is 15.3. The fourth-order valence-corrected chi connectivity index (χ4v) is 4.58. The number of anilines is 1. The van der Waals surface area contributed by atoms with E-state index < -0.39 is 0 Å². The Morgan fingerprint density at radius 1 is 1.20 bits per heavy atom. The molecule has 3 aromatic rings. The van der Waals surface area contributed by atoms with Crippen LogP contribution in [-0.2, 0) is 16.1 Å². The van der Waals surface area contributed by atoms with Gasteiger partial charge >= 0.3 is 0 Å². The lowest BCUT2D eigenvalue weighted by atomic mass is 10.2. The summed E-state index contributed by atoms with van der Waals surface area (Å²) >= 11 is 1.65. The highest BCUT2D eigenvalue weighted by Crippen LogP contribution is 2.33. The van der Waals surface area contributed by atoms with E-state index in [0.717, 1.165) is 58.6 Å². The molecule has 0 spiro atoms. The summed E-state index contributed by atoms with van der Waals surface area (Å²) in [4.78, 5) is 24.2. The van der Waals surface area contributed by atoms with E-state index in [4.69, 9.17) is 24.2 Å². The summed E-state index contributed by atoms with van der Waals surface area (Å²) in [6.45, 7) is 6.25. The smallest absolute Gasteiger partial charge is 0.244 e. The van der Waals surface area contributed by atoms with Crippen LogP contribution in [-0.4, -0.2) is 71.0 Å². The topological polar surface area (TPSA) is 104 Å². The highest BCUT2D eigenvalue weighted by molar-refractivity contribution is 7.99. The molecule has 11 heteroatoms. The van der Waals surface area contributed by atoms with Gasteiger partial charge in [0, 0.05) is 31.5 Å². The fraction of sp³-hybridized carbons (Fsp3) is 0.417. The van der Waals surface area contributed by atoms with Crippen molar-refractivity contribution in [3.8, 4) is 11.5 Å². The Hall–Kier alpha value is -3.31. The Morgan fingerprint density at radius 3 is 2.91 bits per heavy atom. The second-order valence-corrected chi connectivity index (χ2v) is 9.18. The second kappa shape index (κ2) is 11.0. The lowest BCUT2D eigenvalue weighted by Gasteiger charge is -2.28. The van der Waals surface area contributed by atoms with Gasteiger partial charge in [-0.3, -0.25) is 4.79 Å². The van der Waals surface area contributed by atoms with Crippen molar-refractivity contribution < 1.29 is 19.0 Å². The van der Waals surface area contributed by atoms with E-state index in [0.29, 0.717) is 32.1 Å². The van der Waals surface area contributed by atoms with Crippen molar-refractivity contribution in [3.05, 3.63) is 36.0 Å². The molecule has 5 rings (SSSR count). The molecule has 35 heavy (non-hydrogen) atoms. The summed E-state index contributed by atoms with van der Waals surface area (Å²) in [6.07, 6.45) is 6.12. The van der Waals surface area contributed by atoms with Gasteiger partial charge in [0.25, 0.3) is 0 Å². The van der Waals surface area contributed by atoms with Crippen LogP contribution in [0.3, 0.4) is 0 Å². The SMILES string of the molecule is CCCSc1nc(N2CCOCC2)c2cnn(CCNC(=O)/C=C\c3ccc4c(c3)OCO4)c2n1. The van der Waals surface area contributed by atoms with Gasteiger partial charge in [0.2, 0.25) is 12.7 Å². The molecule has 2 aliphatic rings. The predicted molar refractivity (Wildman–Crippen MR) is 134 cm³/mol. The van der Waals surface area contributed by atoms with Crippen LogP contribution in [0, 0.1) is 0 Å². The number of nitrogens with one attached hydrogen (secondary N) is 1. The number of hydrogen-bond donors (Lipinski definition) is 1. The molecule has 184 valence electrons. The number of carbonyl (C=O) groups excluding carboxylic acids is 1. The van der Waals surface area contributed by atoms with Gasteiger partial charge in [0.15, 0.2) is 22.3 Å². The van der Waals surface area contributed by atoms with Gasteiger partial charge in [0.1, 0.15) is 5.82 Å². The number of amides is 1. The third-order valence-corrected chi connectivity index (χ3v) is 6.70. The molecule has 1 saturated heterocycles. The number of thioether (sulfide) groups is 1. The molecule has 1 N–H and O–H groups in total. The molecule has 0 radical (unpaired) electrons. The minimum Gasteiger partial charge on any atom is -0.454 e. The van der Waals surface area contributed by atoms with E-state index >= 15 is 0 Å². The molecule has 2 aliphatic heterocycles. The van der Waals surface area contributed by atoms with Gasteiger partial charge < -0.3 is 24.4 Å². The summed E-state index contributed by atoms with van der Waals surface area (Å²) < 4.78 is 18.0. The number of hydrogen-bond acceptors (Lipinski definition) is 9. The molecule has 4 heterocycles. The van der Waals surface area contributed by atoms with Crippen LogP contribution in [0.5, 0.6) is 11.5 Å².